The van der Waals surface area contributed by atoms with E-state index in [-0.39, 0.29) is 39.7 Å². The van der Waals surface area contributed by atoms with Gasteiger partial charge in [0.25, 0.3) is 20.2 Å². The summed E-state index contributed by atoms with van der Waals surface area (Å²) >= 11 is 0. The van der Waals surface area contributed by atoms with Gasteiger partial charge >= 0.3 is 12.1 Å². The van der Waals surface area contributed by atoms with E-state index in [4.69, 9.17) is 5.73 Å². The number of hydrogen-bond donors (Lipinski definition) is 7. The highest BCUT2D eigenvalue weighted by Gasteiger charge is 2.22. The molecule has 3 aromatic carbocycles. The van der Waals surface area contributed by atoms with Crippen molar-refractivity contribution < 1.29 is 35.1 Å². The molecule has 0 unspecified atom stereocenters. The molecule has 45 heavy (non-hydrogen) atoms. The van der Waals surface area contributed by atoms with E-state index in [1.807, 2.05) is 0 Å². The first-order chi connectivity index (χ1) is 21.1. The van der Waals surface area contributed by atoms with E-state index in [0.717, 1.165) is 18.6 Å². The van der Waals surface area contributed by atoms with Crippen molar-refractivity contribution in [3.63, 3.8) is 0 Å². The lowest BCUT2D eigenvalue weighted by Crippen LogP contribution is -2.19. The van der Waals surface area contributed by atoms with Crippen LogP contribution in [0.5, 0.6) is 0 Å². The molecule has 17 nitrogen and oxygen atoms in total. The molecule has 0 aliphatic heterocycles. The third-order valence-corrected chi connectivity index (χ3v) is 7.74. The molecule has 238 valence electrons. The zero-order valence-electron chi connectivity index (χ0n) is 23.6. The summed E-state index contributed by atoms with van der Waals surface area (Å²) in [5.41, 5.74) is 5.33. The number of carbonyl (C=O) groups excluding carboxylic acids is 1. The second-order valence-electron chi connectivity index (χ2n) is 9.44. The molecule has 1 aromatic heterocycles. The van der Waals surface area contributed by atoms with Gasteiger partial charge in [0.05, 0.1) is 5.69 Å². The Morgan fingerprint density at radius 2 is 1.60 bits per heavy atom. The maximum atomic E-state index is 14.0. The van der Waals surface area contributed by atoms with Gasteiger partial charge < -0.3 is 27.0 Å². The van der Waals surface area contributed by atoms with Crippen molar-refractivity contribution in [2.24, 2.45) is 16.0 Å². The molecular formula is C25H27FN10O7S2. The number of hydrogen-bond acceptors (Lipinski definition) is 13. The van der Waals surface area contributed by atoms with Crippen molar-refractivity contribution in [2.45, 2.75) is 23.1 Å². The Bertz CT molecular complexity index is 2030. The highest BCUT2D eigenvalue weighted by molar-refractivity contribution is 7.86. The van der Waals surface area contributed by atoms with Gasteiger partial charge in [-0.25, -0.2) is 4.79 Å². The monoisotopic (exact) mass is 662 g/mol. The van der Waals surface area contributed by atoms with Gasteiger partial charge in [-0.05, 0) is 74.3 Å². The number of rotatable bonds is 12. The first kappa shape index (κ1) is 33.0. The van der Waals surface area contributed by atoms with Crippen LogP contribution in [0.2, 0.25) is 0 Å². The van der Waals surface area contributed by atoms with Crippen LogP contribution in [0, 0.1) is 13.0 Å². The van der Waals surface area contributed by atoms with Crippen LogP contribution >= 0.6 is 0 Å². The van der Waals surface area contributed by atoms with Gasteiger partial charge in [-0.15, -0.1) is 10.2 Å². The number of primary amides is 1. The fraction of sp³-hybridized carbons (Fsp3) is 0.200. The summed E-state index contributed by atoms with van der Waals surface area (Å²) < 4.78 is 82.1. The molecule has 2 amide bonds. The van der Waals surface area contributed by atoms with Gasteiger partial charge in [-0.3, -0.25) is 9.11 Å². The fourth-order valence-corrected chi connectivity index (χ4v) is 5.54. The third kappa shape index (κ3) is 8.61. The molecule has 4 rings (SSSR count). The number of carbonyl (C=O) groups is 1. The molecule has 0 atom stereocenters. The van der Waals surface area contributed by atoms with E-state index in [9.17, 15) is 35.1 Å². The van der Waals surface area contributed by atoms with Crippen molar-refractivity contribution in [1.29, 1.82) is 0 Å². The average Bonchev–Trinajstić information content (AvgIpc) is 2.92. The Kier molecular flexibility index (Phi) is 9.83. The van der Waals surface area contributed by atoms with Gasteiger partial charge in [-0.2, -0.15) is 36.2 Å². The Labute approximate surface area is 256 Å². The largest absolute Gasteiger partial charge is 0.354 e. The van der Waals surface area contributed by atoms with Crippen LogP contribution in [0.1, 0.15) is 12.0 Å². The predicted octanol–water partition coefficient (Wildman–Crippen LogP) is 3.64. The van der Waals surface area contributed by atoms with Crippen molar-refractivity contribution in [1.82, 2.24) is 20.3 Å². The number of nitrogens with one attached hydrogen (secondary N) is 4. The van der Waals surface area contributed by atoms with E-state index in [1.165, 1.54) is 37.3 Å². The molecule has 0 radical (unpaired) electrons. The minimum Gasteiger partial charge on any atom is -0.354 e. The Morgan fingerprint density at radius 3 is 2.27 bits per heavy atom. The summed E-state index contributed by atoms with van der Waals surface area (Å²) in [6.07, 6.45) is -0.335. The molecular weight excluding hydrogens is 635 g/mol. The van der Waals surface area contributed by atoms with Gasteiger partial charge in [0.1, 0.15) is 21.2 Å². The van der Waals surface area contributed by atoms with E-state index in [1.54, 1.807) is 7.05 Å². The zero-order valence-corrected chi connectivity index (χ0v) is 25.2. The first-order valence-corrected chi connectivity index (χ1v) is 15.7. The Morgan fingerprint density at radius 1 is 0.911 bits per heavy atom. The number of aryl methyl sites for hydroxylation is 1. The van der Waals surface area contributed by atoms with Crippen LogP contribution in [0.25, 0.3) is 10.8 Å². The number of nitrogens with zero attached hydrogens (tertiary/aromatic N) is 5. The van der Waals surface area contributed by atoms with E-state index in [0.29, 0.717) is 18.7 Å². The molecule has 0 bridgehead atoms. The smallest absolute Gasteiger partial charge is 0.316 e. The van der Waals surface area contributed by atoms with Crippen molar-refractivity contribution in [3.05, 3.63) is 54.1 Å². The number of amides is 2. The van der Waals surface area contributed by atoms with Crippen LogP contribution in [0.4, 0.5) is 43.8 Å². The first-order valence-electron chi connectivity index (χ1n) is 12.9. The highest BCUT2D eigenvalue weighted by atomic mass is 32.2. The molecule has 0 aliphatic carbocycles. The summed E-state index contributed by atoms with van der Waals surface area (Å²) in [7, 11) is -7.85. The van der Waals surface area contributed by atoms with Crippen molar-refractivity contribution in [3.8, 4) is 0 Å². The minimum absolute atomic E-state index is 0.0145. The van der Waals surface area contributed by atoms with Gasteiger partial charge in [0.15, 0.2) is 0 Å². The fourth-order valence-electron chi connectivity index (χ4n) is 4.11. The number of nitrogens with two attached hydrogens (primary N) is 1. The molecule has 4 aromatic rings. The van der Waals surface area contributed by atoms with Crippen molar-refractivity contribution in [2.75, 3.05) is 36.1 Å². The molecule has 8 N–H and O–H groups in total. The SMILES string of the molecule is CNCCCNc1nc(F)nc(Nc2ccc(N=Nc3cc4c(S(=O)(=O)O)cc(C)cc4cc3S(=O)(=O)O)c(NC(N)=O)c2)n1. The zero-order chi connectivity index (χ0) is 32.9. The van der Waals surface area contributed by atoms with Crippen molar-refractivity contribution >= 4 is 71.7 Å². The summed E-state index contributed by atoms with van der Waals surface area (Å²) in [6, 6.07) is 7.69. The summed E-state index contributed by atoms with van der Waals surface area (Å²) in [5.74, 6) is -0.184. The topological polar surface area (TPSA) is 263 Å². The Hall–Kier alpha value is -4.89. The van der Waals surface area contributed by atoms with E-state index < -0.39 is 47.8 Å². The molecule has 0 aliphatic rings. The third-order valence-electron chi connectivity index (χ3n) is 5.97. The quantitative estimate of drug-likeness (QED) is 0.0650. The molecule has 1 heterocycles. The second kappa shape index (κ2) is 13.4. The molecule has 0 fully saturated rings. The van der Waals surface area contributed by atoms with Gasteiger partial charge in [-0.1, -0.05) is 6.07 Å². The molecule has 0 saturated carbocycles. The van der Waals surface area contributed by atoms with Crippen LogP contribution in [0.3, 0.4) is 0 Å². The highest BCUT2D eigenvalue weighted by Crippen LogP contribution is 2.36. The molecule has 20 heteroatoms. The predicted molar refractivity (Wildman–Crippen MR) is 162 cm³/mol. The van der Waals surface area contributed by atoms with E-state index >= 15 is 0 Å². The lowest BCUT2D eigenvalue weighted by molar-refractivity contribution is 0.259. The number of halogens is 1. The number of urea groups is 1. The van der Waals surface area contributed by atoms with Crippen LogP contribution in [-0.4, -0.2) is 67.1 Å². The maximum Gasteiger partial charge on any atom is 0.316 e. The number of fused-ring (bicyclic) bond motifs is 1. The second-order valence-corrected chi connectivity index (χ2v) is 12.2. The maximum absolute atomic E-state index is 14.0. The Balaban J connectivity index is 1.73. The standard InChI is InChI=1S/C25H27FN10O7S2/c1-13-8-14-10-21(45(41,42)43)19(12-16(14)20(9-13)44(38,39)40)36-35-17-5-4-15(11-18(17)31-23(27)37)30-25-33-22(26)32-24(34-25)29-7-3-6-28-2/h4-5,8-12,28H,3,6-7H2,1-2H3,(H3,27,31,37)(H,38,39,40)(H,41,42,43)(H2,29,30,32,33,34). The normalized spacial score (nSPS) is 12.0. The number of anilines is 4. The van der Waals surface area contributed by atoms with Crippen LogP contribution < -0.4 is 27.0 Å². The molecule has 0 saturated heterocycles. The summed E-state index contributed by atoms with van der Waals surface area (Å²) in [5, 5.41) is 18.8. The lowest BCUT2D eigenvalue weighted by atomic mass is 10.1. The van der Waals surface area contributed by atoms with Crippen LogP contribution in [0.15, 0.2) is 62.5 Å². The van der Waals surface area contributed by atoms with Gasteiger partial charge in [0, 0.05) is 17.6 Å². The van der Waals surface area contributed by atoms with E-state index in [2.05, 4.69) is 46.4 Å². The number of azo groups is 1. The van der Waals surface area contributed by atoms with Crippen LogP contribution in [-0.2, 0) is 20.2 Å². The summed E-state index contributed by atoms with van der Waals surface area (Å²) in [4.78, 5) is 21.8. The summed E-state index contributed by atoms with van der Waals surface area (Å²) in [6.45, 7) is 2.71. The number of benzene rings is 3. The lowest BCUT2D eigenvalue weighted by Gasteiger charge is -2.11. The minimum atomic E-state index is -4.90. The number of aromatic nitrogens is 3. The van der Waals surface area contributed by atoms with Gasteiger partial charge in [0.2, 0.25) is 11.9 Å². The average molecular weight is 663 g/mol. The molecule has 0 spiro atoms.